The van der Waals surface area contributed by atoms with Crippen LogP contribution in [-0.4, -0.2) is 6.21 Å². The van der Waals surface area contributed by atoms with Crippen molar-refractivity contribution >= 4 is 23.5 Å². The van der Waals surface area contributed by atoms with Crippen LogP contribution in [0, 0.1) is 11.3 Å². The molecule has 0 saturated heterocycles. The Balaban J connectivity index is 1.74. The zero-order chi connectivity index (χ0) is 17.5. The van der Waals surface area contributed by atoms with Crippen molar-refractivity contribution in [1.82, 2.24) is 0 Å². The van der Waals surface area contributed by atoms with Gasteiger partial charge in [-0.1, -0.05) is 54.1 Å². The number of rotatable bonds is 5. The van der Waals surface area contributed by atoms with Gasteiger partial charge in [0.1, 0.15) is 18.4 Å². The van der Waals surface area contributed by atoms with E-state index in [-0.39, 0.29) is 0 Å². The Morgan fingerprint density at radius 2 is 1.84 bits per heavy atom. The first-order chi connectivity index (χ1) is 12.2. The van der Waals surface area contributed by atoms with Crippen molar-refractivity contribution in [2.75, 3.05) is 0 Å². The molecule has 3 aromatic rings. The van der Waals surface area contributed by atoms with Gasteiger partial charge in [-0.2, -0.15) is 5.26 Å². The highest BCUT2D eigenvalue weighted by molar-refractivity contribution is 6.30. The largest absolute Gasteiger partial charge is 0.489 e. The van der Waals surface area contributed by atoms with Crippen LogP contribution in [0.15, 0.2) is 77.8 Å². The van der Waals surface area contributed by atoms with Crippen molar-refractivity contribution in [3.05, 3.63) is 94.5 Å². The maximum Gasteiger partial charge on any atom is 0.120 e. The van der Waals surface area contributed by atoms with E-state index >= 15 is 0 Å². The Bertz CT molecular complexity index is 930. The molecule has 0 heterocycles. The zero-order valence-electron chi connectivity index (χ0n) is 13.4. The second kappa shape index (κ2) is 8.14. The first-order valence-electron chi connectivity index (χ1n) is 7.75. The van der Waals surface area contributed by atoms with Crippen molar-refractivity contribution in [3.8, 4) is 11.8 Å². The maximum absolute atomic E-state index is 9.14. The summed E-state index contributed by atoms with van der Waals surface area (Å²) in [6, 6.07) is 24.8. The van der Waals surface area contributed by atoms with Crippen LogP contribution >= 0.6 is 11.6 Å². The second-order valence-corrected chi connectivity index (χ2v) is 5.81. The van der Waals surface area contributed by atoms with E-state index in [0.29, 0.717) is 22.9 Å². The number of benzene rings is 3. The first kappa shape index (κ1) is 16.8. The minimum atomic E-state index is 0.483. The average molecular weight is 347 g/mol. The SMILES string of the molecule is N#Cc1ccc(Cl)cc1N=Cc1cccc(OCc2ccccc2)c1. The van der Waals surface area contributed by atoms with Crippen LogP contribution in [0.25, 0.3) is 0 Å². The van der Waals surface area contributed by atoms with E-state index in [0.717, 1.165) is 16.9 Å². The normalized spacial score (nSPS) is 10.6. The lowest BCUT2D eigenvalue weighted by atomic mass is 10.2. The van der Waals surface area contributed by atoms with Crippen LogP contribution in [0.2, 0.25) is 5.02 Å². The number of aliphatic imine (C=N–C) groups is 1. The highest BCUT2D eigenvalue weighted by atomic mass is 35.5. The van der Waals surface area contributed by atoms with Crippen LogP contribution in [-0.2, 0) is 6.61 Å². The zero-order valence-corrected chi connectivity index (χ0v) is 14.1. The number of nitrogens with zero attached hydrogens (tertiary/aromatic N) is 2. The summed E-state index contributed by atoms with van der Waals surface area (Å²) in [5, 5.41) is 9.69. The molecular weight excluding hydrogens is 332 g/mol. The molecule has 3 aromatic carbocycles. The van der Waals surface area contributed by atoms with Crippen LogP contribution in [0.3, 0.4) is 0 Å². The van der Waals surface area contributed by atoms with Crippen LogP contribution in [0.1, 0.15) is 16.7 Å². The van der Waals surface area contributed by atoms with Gasteiger partial charge in [-0.05, 0) is 41.5 Å². The molecule has 25 heavy (non-hydrogen) atoms. The number of halogens is 1. The molecule has 0 atom stereocenters. The molecule has 0 bridgehead atoms. The Labute approximate surface area is 151 Å². The standard InChI is InChI=1S/C21H15ClN2O/c22-19-10-9-18(13-23)21(12-19)24-14-17-7-4-8-20(11-17)25-15-16-5-2-1-3-6-16/h1-12,14H,15H2. The van der Waals surface area contributed by atoms with E-state index in [4.69, 9.17) is 21.6 Å². The predicted octanol–water partition coefficient (Wildman–Crippen LogP) is 5.54. The molecule has 0 radical (unpaired) electrons. The molecule has 0 amide bonds. The minimum Gasteiger partial charge on any atom is -0.489 e. The summed E-state index contributed by atoms with van der Waals surface area (Å²) in [7, 11) is 0. The molecule has 0 aromatic heterocycles. The Kier molecular flexibility index (Phi) is 5.46. The minimum absolute atomic E-state index is 0.483. The van der Waals surface area contributed by atoms with Crippen molar-refractivity contribution in [1.29, 1.82) is 5.26 Å². The lowest BCUT2D eigenvalue weighted by molar-refractivity contribution is 0.306. The Hall–Kier alpha value is -3.09. The summed E-state index contributed by atoms with van der Waals surface area (Å²) < 4.78 is 5.81. The van der Waals surface area contributed by atoms with Crippen molar-refractivity contribution in [2.24, 2.45) is 4.99 Å². The predicted molar refractivity (Wildman–Crippen MR) is 101 cm³/mol. The summed E-state index contributed by atoms with van der Waals surface area (Å²) >= 11 is 5.98. The van der Waals surface area contributed by atoms with Gasteiger partial charge in [0.05, 0.1) is 11.3 Å². The molecule has 0 fully saturated rings. The van der Waals surface area contributed by atoms with Crippen LogP contribution in [0.5, 0.6) is 5.75 Å². The lowest BCUT2D eigenvalue weighted by Gasteiger charge is -2.06. The fourth-order valence-corrected chi connectivity index (χ4v) is 2.44. The molecule has 3 nitrogen and oxygen atoms in total. The Morgan fingerprint density at radius 1 is 1.00 bits per heavy atom. The number of hydrogen-bond acceptors (Lipinski definition) is 3. The third kappa shape index (κ3) is 4.69. The molecule has 0 unspecified atom stereocenters. The molecule has 122 valence electrons. The van der Waals surface area contributed by atoms with Crippen LogP contribution in [0.4, 0.5) is 5.69 Å². The molecule has 4 heteroatoms. The Morgan fingerprint density at radius 3 is 2.64 bits per heavy atom. The van der Waals surface area contributed by atoms with Gasteiger partial charge in [-0.3, -0.25) is 4.99 Å². The van der Waals surface area contributed by atoms with Gasteiger partial charge >= 0.3 is 0 Å². The van der Waals surface area contributed by atoms with Crippen LogP contribution < -0.4 is 4.74 Å². The van der Waals surface area contributed by atoms with Crippen molar-refractivity contribution in [2.45, 2.75) is 6.61 Å². The van der Waals surface area contributed by atoms with Gasteiger partial charge in [0.2, 0.25) is 0 Å². The van der Waals surface area contributed by atoms with E-state index in [2.05, 4.69) is 11.1 Å². The molecule has 3 rings (SSSR count). The summed E-state index contributed by atoms with van der Waals surface area (Å²) in [6.45, 7) is 0.508. The summed E-state index contributed by atoms with van der Waals surface area (Å²) in [4.78, 5) is 4.38. The van der Waals surface area contributed by atoms with E-state index < -0.39 is 0 Å². The lowest BCUT2D eigenvalue weighted by Crippen LogP contribution is -1.95. The summed E-state index contributed by atoms with van der Waals surface area (Å²) in [6.07, 6.45) is 1.70. The quantitative estimate of drug-likeness (QED) is 0.569. The highest BCUT2D eigenvalue weighted by Gasteiger charge is 2.01. The van der Waals surface area contributed by atoms with E-state index in [1.807, 2.05) is 54.6 Å². The van der Waals surface area contributed by atoms with E-state index in [1.54, 1.807) is 24.4 Å². The molecule has 0 aliphatic carbocycles. The smallest absolute Gasteiger partial charge is 0.120 e. The highest BCUT2D eigenvalue weighted by Crippen LogP contribution is 2.23. The molecule has 0 aliphatic rings. The molecule has 0 spiro atoms. The van der Waals surface area contributed by atoms with Gasteiger partial charge in [-0.25, -0.2) is 0 Å². The third-order valence-corrected chi connectivity index (χ3v) is 3.77. The van der Waals surface area contributed by atoms with E-state index in [1.165, 1.54) is 0 Å². The topological polar surface area (TPSA) is 45.4 Å². The third-order valence-electron chi connectivity index (χ3n) is 3.54. The molecule has 0 N–H and O–H groups in total. The number of nitriles is 1. The fourth-order valence-electron chi connectivity index (χ4n) is 2.28. The van der Waals surface area contributed by atoms with Gasteiger partial charge < -0.3 is 4.74 Å². The number of hydrogen-bond donors (Lipinski definition) is 0. The van der Waals surface area contributed by atoms with Crippen molar-refractivity contribution in [3.63, 3.8) is 0 Å². The first-order valence-corrected chi connectivity index (χ1v) is 8.13. The van der Waals surface area contributed by atoms with Gasteiger partial charge in [0, 0.05) is 11.2 Å². The van der Waals surface area contributed by atoms with Gasteiger partial charge in [0.25, 0.3) is 0 Å². The summed E-state index contributed by atoms with van der Waals surface area (Å²) in [5.74, 6) is 0.763. The fraction of sp³-hybridized carbons (Fsp3) is 0.0476. The molecule has 0 aliphatic heterocycles. The maximum atomic E-state index is 9.14. The number of ether oxygens (including phenoxy) is 1. The average Bonchev–Trinajstić information content (AvgIpc) is 2.66. The summed E-state index contributed by atoms with van der Waals surface area (Å²) in [5.41, 5.74) is 3.02. The second-order valence-electron chi connectivity index (χ2n) is 5.38. The van der Waals surface area contributed by atoms with Gasteiger partial charge in [0.15, 0.2) is 0 Å². The van der Waals surface area contributed by atoms with Gasteiger partial charge in [-0.15, -0.1) is 0 Å². The van der Waals surface area contributed by atoms with E-state index in [9.17, 15) is 0 Å². The monoisotopic (exact) mass is 346 g/mol. The molecule has 0 saturated carbocycles. The van der Waals surface area contributed by atoms with Crippen molar-refractivity contribution < 1.29 is 4.74 Å². The molecular formula is C21H15ClN2O.